The van der Waals surface area contributed by atoms with E-state index in [0.717, 1.165) is 24.2 Å². The fraction of sp³-hybridized carbons (Fsp3) is 0.364. The zero-order valence-electron chi connectivity index (χ0n) is 16.6. The molecule has 0 atom stereocenters. The lowest BCUT2D eigenvalue weighted by Crippen LogP contribution is -2.39. The molecule has 0 unspecified atom stereocenters. The van der Waals surface area contributed by atoms with Crippen molar-refractivity contribution in [2.45, 2.75) is 38.8 Å². The van der Waals surface area contributed by atoms with Crippen molar-refractivity contribution in [2.75, 3.05) is 13.1 Å². The maximum absolute atomic E-state index is 12.8. The molecule has 3 aromatic rings. The molecule has 1 fully saturated rings. The Morgan fingerprint density at radius 2 is 1.79 bits per heavy atom. The summed E-state index contributed by atoms with van der Waals surface area (Å²) < 4.78 is 3.32. The highest BCUT2D eigenvalue weighted by Gasteiger charge is 2.29. The van der Waals surface area contributed by atoms with Crippen molar-refractivity contribution >= 4 is 5.91 Å². The van der Waals surface area contributed by atoms with Crippen LogP contribution in [-0.4, -0.2) is 43.2 Å². The monoisotopic (exact) mass is 391 g/mol. The molecule has 0 spiro atoms. The van der Waals surface area contributed by atoms with Crippen molar-refractivity contribution in [3.63, 3.8) is 0 Å². The molecule has 0 saturated carbocycles. The van der Waals surface area contributed by atoms with E-state index in [0.29, 0.717) is 31.9 Å². The van der Waals surface area contributed by atoms with E-state index in [1.807, 2.05) is 48.2 Å². The molecule has 0 N–H and O–H groups in total. The Morgan fingerprint density at radius 3 is 2.45 bits per heavy atom. The maximum atomic E-state index is 12.8. The highest BCUT2D eigenvalue weighted by atomic mass is 16.2. The summed E-state index contributed by atoms with van der Waals surface area (Å²) in [5.41, 5.74) is 1.46. The van der Waals surface area contributed by atoms with Crippen LogP contribution in [0.4, 0.5) is 0 Å². The van der Waals surface area contributed by atoms with Crippen molar-refractivity contribution in [1.82, 2.24) is 24.2 Å². The third-order valence-corrected chi connectivity index (χ3v) is 5.47. The molecular weight excluding hydrogens is 366 g/mol. The van der Waals surface area contributed by atoms with Gasteiger partial charge in [-0.05, 0) is 37.5 Å². The van der Waals surface area contributed by atoms with Crippen LogP contribution in [0.15, 0.2) is 59.5 Å². The minimum Gasteiger partial charge on any atom is -0.337 e. The number of hydrogen-bond acceptors (Lipinski definition) is 4. The van der Waals surface area contributed by atoms with E-state index in [1.54, 1.807) is 27.6 Å². The molecule has 29 heavy (non-hydrogen) atoms. The van der Waals surface area contributed by atoms with E-state index in [-0.39, 0.29) is 17.5 Å². The van der Waals surface area contributed by atoms with Crippen molar-refractivity contribution in [3.05, 3.63) is 82.3 Å². The van der Waals surface area contributed by atoms with Gasteiger partial charge < -0.3 is 4.90 Å². The van der Waals surface area contributed by atoms with Crippen LogP contribution in [0.2, 0.25) is 0 Å². The number of piperidine rings is 1. The second-order valence-corrected chi connectivity index (χ2v) is 7.31. The molecule has 1 aliphatic rings. The van der Waals surface area contributed by atoms with E-state index in [2.05, 4.69) is 10.1 Å². The first-order chi connectivity index (χ1) is 14.2. The summed E-state index contributed by atoms with van der Waals surface area (Å²) in [6.07, 6.45) is 3.22. The molecule has 1 saturated heterocycles. The summed E-state index contributed by atoms with van der Waals surface area (Å²) in [5.74, 6) is 0.970. The Balaban J connectivity index is 1.49. The van der Waals surface area contributed by atoms with Gasteiger partial charge in [-0.25, -0.2) is 9.48 Å². The molecule has 1 aromatic carbocycles. The normalized spacial score (nSPS) is 14.9. The smallest absolute Gasteiger partial charge is 0.337 e. The van der Waals surface area contributed by atoms with E-state index in [4.69, 9.17) is 0 Å². The van der Waals surface area contributed by atoms with E-state index >= 15 is 0 Å². The molecule has 1 amide bonds. The highest BCUT2D eigenvalue weighted by molar-refractivity contribution is 5.92. The number of rotatable bonds is 5. The first-order valence-corrected chi connectivity index (χ1v) is 10.1. The SMILES string of the molecule is CCn1c(C2CCN(C(=O)c3ccccn3)CC2)nn(Cc2ccccc2)c1=O. The predicted octanol–water partition coefficient (Wildman–Crippen LogP) is 2.53. The Labute approximate surface area is 169 Å². The van der Waals surface area contributed by atoms with Crippen molar-refractivity contribution in [3.8, 4) is 0 Å². The van der Waals surface area contributed by atoms with Gasteiger partial charge in [0.15, 0.2) is 0 Å². The number of benzene rings is 1. The Morgan fingerprint density at radius 1 is 1.07 bits per heavy atom. The van der Waals surface area contributed by atoms with Gasteiger partial charge >= 0.3 is 5.69 Å². The van der Waals surface area contributed by atoms with Crippen LogP contribution in [0.25, 0.3) is 0 Å². The van der Waals surface area contributed by atoms with Gasteiger partial charge in [-0.1, -0.05) is 36.4 Å². The third-order valence-electron chi connectivity index (χ3n) is 5.47. The molecule has 2 aromatic heterocycles. The fourth-order valence-electron chi connectivity index (χ4n) is 3.91. The number of aromatic nitrogens is 4. The average molecular weight is 391 g/mol. The molecule has 7 nitrogen and oxygen atoms in total. The van der Waals surface area contributed by atoms with Gasteiger partial charge in [0.25, 0.3) is 5.91 Å². The van der Waals surface area contributed by atoms with E-state index in [9.17, 15) is 9.59 Å². The summed E-state index contributed by atoms with van der Waals surface area (Å²) in [6.45, 7) is 4.32. The Hall–Kier alpha value is -3.22. The number of pyridine rings is 1. The van der Waals surface area contributed by atoms with Gasteiger partial charge in [0.05, 0.1) is 6.54 Å². The maximum Gasteiger partial charge on any atom is 0.346 e. The molecule has 7 heteroatoms. The second-order valence-electron chi connectivity index (χ2n) is 7.31. The second kappa shape index (κ2) is 8.43. The van der Waals surface area contributed by atoms with Crippen LogP contribution < -0.4 is 5.69 Å². The number of carbonyl (C=O) groups is 1. The van der Waals surface area contributed by atoms with Crippen LogP contribution in [0.3, 0.4) is 0 Å². The van der Waals surface area contributed by atoms with Crippen molar-refractivity contribution < 1.29 is 4.79 Å². The molecule has 0 radical (unpaired) electrons. The molecule has 0 aliphatic carbocycles. The zero-order chi connectivity index (χ0) is 20.2. The summed E-state index contributed by atoms with van der Waals surface area (Å²) in [7, 11) is 0. The third kappa shape index (κ3) is 3.99. The van der Waals surface area contributed by atoms with Gasteiger partial charge in [-0.15, -0.1) is 0 Å². The van der Waals surface area contributed by atoms with Crippen molar-refractivity contribution in [2.24, 2.45) is 0 Å². The first kappa shape index (κ1) is 19.1. The molecule has 1 aliphatic heterocycles. The lowest BCUT2D eigenvalue weighted by Gasteiger charge is -2.31. The first-order valence-electron chi connectivity index (χ1n) is 10.1. The number of likely N-dealkylation sites (tertiary alicyclic amines) is 1. The highest BCUT2D eigenvalue weighted by Crippen LogP contribution is 2.27. The summed E-state index contributed by atoms with van der Waals surface area (Å²) in [6, 6.07) is 15.3. The number of amides is 1. The van der Waals surface area contributed by atoms with Gasteiger partial charge in [0.2, 0.25) is 0 Å². The quantitative estimate of drug-likeness (QED) is 0.670. The minimum atomic E-state index is -0.0710. The average Bonchev–Trinajstić information content (AvgIpc) is 3.10. The summed E-state index contributed by atoms with van der Waals surface area (Å²) >= 11 is 0. The number of nitrogens with zero attached hydrogens (tertiary/aromatic N) is 5. The molecule has 3 heterocycles. The van der Waals surface area contributed by atoms with E-state index < -0.39 is 0 Å². The molecule has 4 rings (SSSR count). The van der Waals surface area contributed by atoms with Crippen LogP contribution in [0.5, 0.6) is 0 Å². The lowest BCUT2D eigenvalue weighted by molar-refractivity contribution is 0.0704. The van der Waals surface area contributed by atoms with Gasteiger partial charge in [0, 0.05) is 31.7 Å². The van der Waals surface area contributed by atoms with E-state index in [1.165, 1.54) is 0 Å². The van der Waals surface area contributed by atoms with Crippen molar-refractivity contribution in [1.29, 1.82) is 0 Å². The standard InChI is InChI=1S/C22H25N5O2/c1-2-26-20(24-27(22(26)29)16-17-8-4-3-5-9-17)18-11-14-25(15-12-18)21(28)19-10-6-7-13-23-19/h3-10,13,18H,2,11-12,14-16H2,1H3. The topological polar surface area (TPSA) is 73.0 Å². The largest absolute Gasteiger partial charge is 0.346 e. The van der Waals surface area contributed by atoms with Gasteiger partial charge in [-0.2, -0.15) is 5.10 Å². The Bertz CT molecular complexity index is 1020. The molecular formula is C22H25N5O2. The summed E-state index contributed by atoms with van der Waals surface area (Å²) in [4.78, 5) is 31.4. The van der Waals surface area contributed by atoms with Crippen LogP contribution >= 0.6 is 0 Å². The van der Waals surface area contributed by atoms with Gasteiger partial charge in [0.1, 0.15) is 11.5 Å². The predicted molar refractivity (Wildman–Crippen MR) is 110 cm³/mol. The molecule has 150 valence electrons. The number of carbonyl (C=O) groups excluding carboxylic acids is 1. The number of hydrogen-bond donors (Lipinski definition) is 0. The van der Waals surface area contributed by atoms with Crippen LogP contribution in [-0.2, 0) is 13.1 Å². The van der Waals surface area contributed by atoms with Crippen LogP contribution in [0, 0.1) is 0 Å². The zero-order valence-corrected chi connectivity index (χ0v) is 16.6. The lowest BCUT2D eigenvalue weighted by atomic mass is 9.95. The Kier molecular flexibility index (Phi) is 5.55. The minimum absolute atomic E-state index is 0.0356. The van der Waals surface area contributed by atoms with Crippen LogP contribution in [0.1, 0.15) is 47.6 Å². The van der Waals surface area contributed by atoms with Gasteiger partial charge in [-0.3, -0.25) is 14.3 Å². The fourth-order valence-corrected chi connectivity index (χ4v) is 3.91. The molecule has 0 bridgehead atoms. The summed E-state index contributed by atoms with van der Waals surface area (Å²) in [5, 5.41) is 4.68.